The number of Topliss-reactive ketones (excluding diaryl/α,β-unsaturated/α-hetero) is 2. The van der Waals surface area contributed by atoms with Crippen LogP contribution in [-0.4, -0.2) is 26.5 Å². The maximum Gasteiger partial charge on any atom is 0.230 e. The zero-order valence-corrected chi connectivity index (χ0v) is 21.6. The number of hydrogen-bond acceptors (Lipinski definition) is 6. The molecule has 2 aromatic heterocycles. The molecule has 0 bridgehead atoms. The Bertz CT molecular complexity index is 1440. The molecule has 0 spiro atoms. The summed E-state index contributed by atoms with van der Waals surface area (Å²) in [5.74, 6) is 1.01. The SMILES string of the molecule is Cc1cccc(Oc2ncnc3c(CC(=O)c4nc(CCC(=O)C(C)(C)C)ccc4Cl)cccc23)c1. The minimum atomic E-state index is -0.413. The number of nitrogens with zero attached hydrogens (tertiary/aromatic N) is 3. The van der Waals surface area contributed by atoms with Crippen LogP contribution in [0.2, 0.25) is 5.02 Å². The van der Waals surface area contributed by atoms with Gasteiger partial charge in [0.2, 0.25) is 5.88 Å². The van der Waals surface area contributed by atoms with E-state index in [0.29, 0.717) is 41.1 Å². The van der Waals surface area contributed by atoms with Gasteiger partial charge in [-0.25, -0.2) is 15.0 Å². The second-order valence-electron chi connectivity index (χ2n) is 9.82. The molecule has 0 aliphatic carbocycles. The van der Waals surface area contributed by atoms with E-state index in [1.54, 1.807) is 12.1 Å². The first-order valence-electron chi connectivity index (χ1n) is 11.8. The zero-order valence-electron chi connectivity index (χ0n) is 20.8. The second-order valence-corrected chi connectivity index (χ2v) is 10.2. The van der Waals surface area contributed by atoms with Gasteiger partial charge in [0.05, 0.1) is 15.9 Å². The van der Waals surface area contributed by atoms with Gasteiger partial charge >= 0.3 is 0 Å². The maximum atomic E-state index is 13.3. The number of benzene rings is 2. The molecule has 36 heavy (non-hydrogen) atoms. The first-order chi connectivity index (χ1) is 17.1. The largest absolute Gasteiger partial charge is 0.438 e. The van der Waals surface area contributed by atoms with Gasteiger partial charge in [-0.1, -0.05) is 56.6 Å². The third kappa shape index (κ3) is 5.94. The van der Waals surface area contributed by atoms with Crippen LogP contribution in [0.3, 0.4) is 0 Å². The Balaban J connectivity index is 1.57. The van der Waals surface area contributed by atoms with Crippen LogP contribution in [0, 0.1) is 12.3 Å². The normalized spacial score (nSPS) is 11.5. The van der Waals surface area contributed by atoms with Crippen molar-refractivity contribution < 1.29 is 14.3 Å². The third-order valence-corrected chi connectivity index (χ3v) is 6.18. The van der Waals surface area contributed by atoms with Crippen LogP contribution in [0.25, 0.3) is 10.9 Å². The molecule has 2 aromatic carbocycles. The molecule has 0 radical (unpaired) electrons. The number of para-hydroxylation sites is 1. The van der Waals surface area contributed by atoms with Crippen molar-refractivity contribution in [1.82, 2.24) is 15.0 Å². The highest BCUT2D eigenvalue weighted by atomic mass is 35.5. The first kappa shape index (κ1) is 25.5. The Hall–Kier alpha value is -3.64. The number of ether oxygens (including phenoxy) is 1. The molecule has 0 N–H and O–H groups in total. The fraction of sp³-hybridized carbons (Fsp3) is 0.276. The smallest absolute Gasteiger partial charge is 0.230 e. The summed E-state index contributed by atoms with van der Waals surface area (Å²) in [7, 11) is 0. The molecule has 0 saturated carbocycles. The van der Waals surface area contributed by atoms with E-state index in [9.17, 15) is 9.59 Å². The number of aromatic nitrogens is 3. The number of pyridine rings is 1. The van der Waals surface area contributed by atoms with E-state index >= 15 is 0 Å². The summed E-state index contributed by atoms with van der Waals surface area (Å²) in [6.07, 6.45) is 2.30. The Morgan fingerprint density at radius 3 is 2.53 bits per heavy atom. The van der Waals surface area contributed by atoms with Gasteiger partial charge in [0.25, 0.3) is 0 Å². The molecule has 184 valence electrons. The van der Waals surface area contributed by atoms with Crippen LogP contribution in [-0.2, 0) is 17.6 Å². The average molecular weight is 502 g/mol. The molecule has 6 nitrogen and oxygen atoms in total. The molecule has 0 fully saturated rings. The predicted molar refractivity (Wildman–Crippen MR) is 141 cm³/mol. The topological polar surface area (TPSA) is 82.0 Å². The fourth-order valence-electron chi connectivity index (χ4n) is 3.83. The molecule has 7 heteroatoms. The van der Waals surface area contributed by atoms with Gasteiger partial charge in [-0.3, -0.25) is 9.59 Å². The van der Waals surface area contributed by atoms with Crippen molar-refractivity contribution in [3.63, 3.8) is 0 Å². The Labute approximate surface area is 215 Å². The van der Waals surface area contributed by atoms with Crippen molar-refractivity contribution in [2.45, 2.75) is 47.0 Å². The molecule has 4 aromatic rings. The monoisotopic (exact) mass is 501 g/mol. The summed E-state index contributed by atoms with van der Waals surface area (Å²) in [6.45, 7) is 7.67. The molecule has 2 heterocycles. The Morgan fingerprint density at radius 2 is 1.78 bits per heavy atom. The van der Waals surface area contributed by atoms with E-state index in [-0.39, 0.29) is 28.7 Å². The molecule has 0 amide bonds. The molecule has 0 atom stereocenters. The molecule has 4 rings (SSSR count). The third-order valence-electron chi connectivity index (χ3n) is 5.88. The molecular formula is C29H28ClN3O3. The summed E-state index contributed by atoms with van der Waals surface area (Å²) in [5.41, 5.74) is 2.87. The van der Waals surface area contributed by atoms with Gasteiger partial charge in [0, 0.05) is 24.0 Å². The number of ketones is 2. The fourth-order valence-corrected chi connectivity index (χ4v) is 4.04. The van der Waals surface area contributed by atoms with Gasteiger partial charge in [0.1, 0.15) is 23.6 Å². The van der Waals surface area contributed by atoms with Gasteiger partial charge in [0.15, 0.2) is 5.78 Å². The van der Waals surface area contributed by atoms with Crippen LogP contribution in [0.4, 0.5) is 0 Å². The number of carbonyl (C=O) groups excluding carboxylic acids is 2. The lowest BCUT2D eigenvalue weighted by molar-refractivity contribution is -0.126. The number of rotatable bonds is 8. The van der Waals surface area contributed by atoms with Crippen molar-refractivity contribution in [2.24, 2.45) is 5.41 Å². The summed E-state index contributed by atoms with van der Waals surface area (Å²) >= 11 is 6.34. The highest BCUT2D eigenvalue weighted by Gasteiger charge is 2.22. The van der Waals surface area contributed by atoms with E-state index in [4.69, 9.17) is 16.3 Å². The van der Waals surface area contributed by atoms with Crippen molar-refractivity contribution in [2.75, 3.05) is 0 Å². The van der Waals surface area contributed by atoms with Crippen molar-refractivity contribution in [3.8, 4) is 11.6 Å². The van der Waals surface area contributed by atoms with Crippen molar-refractivity contribution in [1.29, 1.82) is 0 Å². The number of fused-ring (bicyclic) bond motifs is 1. The van der Waals surface area contributed by atoms with Crippen LogP contribution >= 0.6 is 11.6 Å². The number of halogens is 1. The van der Waals surface area contributed by atoms with Crippen molar-refractivity contribution >= 4 is 34.1 Å². The van der Waals surface area contributed by atoms with E-state index in [0.717, 1.165) is 11.1 Å². The van der Waals surface area contributed by atoms with E-state index in [1.807, 2.05) is 70.2 Å². The van der Waals surface area contributed by atoms with Gasteiger partial charge in [-0.2, -0.15) is 0 Å². The van der Waals surface area contributed by atoms with Crippen molar-refractivity contribution in [3.05, 3.63) is 88.5 Å². The minimum absolute atomic E-state index is 0.0648. The van der Waals surface area contributed by atoms with Gasteiger partial charge < -0.3 is 4.74 Å². The average Bonchev–Trinajstić information content (AvgIpc) is 2.83. The summed E-state index contributed by atoms with van der Waals surface area (Å²) in [5, 5.41) is 0.988. The highest BCUT2D eigenvalue weighted by Crippen LogP contribution is 2.29. The number of hydrogen-bond donors (Lipinski definition) is 0. The molecule has 0 unspecified atom stereocenters. The molecule has 0 aliphatic rings. The zero-order chi connectivity index (χ0) is 25.9. The summed E-state index contributed by atoms with van der Waals surface area (Å²) < 4.78 is 6.02. The van der Waals surface area contributed by atoms with E-state index in [1.165, 1.54) is 6.33 Å². The summed E-state index contributed by atoms with van der Waals surface area (Å²) in [6, 6.07) is 16.7. The molecular weight excluding hydrogens is 474 g/mol. The number of carbonyl (C=O) groups is 2. The highest BCUT2D eigenvalue weighted by molar-refractivity contribution is 6.33. The lowest BCUT2D eigenvalue weighted by atomic mass is 9.88. The van der Waals surface area contributed by atoms with Crippen LogP contribution in [0.1, 0.15) is 54.5 Å². The molecule has 0 saturated heterocycles. The first-order valence-corrected chi connectivity index (χ1v) is 12.2. The van der Waals surface area contributed by atoms with E-state index in [2.05, 4.69) is 15.0 Å². The van der Waals surface area contributed by atoms with E-state index < -0.39 is 5.41 Å². The predicted octanol–water partition coefficient (Wildman–Crippen LogP) is 6.75. The van der Waals surface area contributed by atoms with Gasteiger partial charge in [-0.05, 0) is 54.8 Å². The quantitative estimate of drug-likeness (QED) is 0.248. The lowest BCUT2D eigenvalue weighted by Gasteiger charge is -2.16. The number of aryl methyl sites for hydroxylation is 2. The standard InChI is InChI=1S/C29H28ClN3O3/c1-18-7-5-9-21(15-18)36-28-22-10-6-8-19(26(22)31-17-32-28)16-24(34)27-23(30)13-11-20(33-27)12-14-25(35)29(2,3)4/h5-11,13,15,17H,12,14,16H2,1-4H3. The lowest BCUT2D eigenvalue weighted by Crippen LogP contribution is -2.20. The Morgan fingerprint density at radius 1 is 1.00 bits per heavy atom. The van der Waals surface area contributed by atoms with Crippen LogP contribution in [0.15, 0.2) is 60.9 Å². The van der Waals surface area contributed by atoms with Crippen LogP contribution < -0.4 is 4.74 Å². The van der Waals surface area contributed by atoms with Gasteiger partial charge in [-0.15, -0.1) is 0 Å². The minimum Gasteiger partial charge on any atom is -0.438 e. The molecule has 0 aliphatic heterocycles. The maximum absolute atomic E-state index is 13.3. The van der Waals surface area contributed by atoms with Crippen LogP contribution in [0.5, 0.6) is 11.6 Å². The second kappa shape index (κ2) is 10.5. The summed E-state index contributed by atoms with van der Waals surface area (Å²) in [4.78, 5) is 38.8. The Kier molecular flexibility index (Phi) is 7.45.